The minimum atomic E-state index is -2.90. The molecule has 0 bridgehead atoms. The molecule has 0 fully saturated rings. The first-order chi connectivity index (χ1) is 10.0. The van der Waals surface area contributed by atoms with Crippen LogP contribution in [0.3, 0.4) is 0 Å². The van der Waals surface area contributed by atoms with Crippen LogP contribution in [0.2, 0.25) is 0 Å². The maximum atomic E-state index is 12.3. The van der Waals surface area contributed by atoms with Crippen LogP contribution in [0.5, 0.6) is 0 Å². The molecule has 3 N–H and O–H groups in total. The summed E-state index contributed by atoms with van der Waals surface area (Å²) >= 11 is 0. The number of carboxylic acids is 2. The Morgan fingerprint density at radius 2 is 1.50 bits per heavy atom. The Hall–Kier alpha value is -1.96. The van der Waals surface area contributed by atoms with E-state index in [2.05, 4.69) is 4.74 Å². The van der Waals surface area contributed by atoms with E-state index in [4.69, 9.17) is 0 Å². The van der Waals surface area contributed by atoms with Gasteiger partial charge < -0.3 is 20.1 Å². The van der Waals surface area contributed by atoms with Gasteiger partial charge in [-0.3, -0.25) is 14.4 Å². The highest BCUT2D eigenvalue weighted by Gasteiger charge is 2.65. The topological polar surface area (TPSA) is 138 Å². The van der Waals surface area contributed by atoms with Crippen molar-refractivity contribution in [2.75, 3.05) is 0 Å². The molecular weight excluding hydrogens is 296 g/mol. The van der Waals surface area contributed by atoms with Gasteiger partial charge in [0, 0.05) is 6.92 Å². The summed E-state index contributed by atoms with van der Waals surface area (Å²) in [6.07, 6.45) is -0.627. The predicted octanol–water partition coefficient (Wildman–Crippen LogP) is 0.809. The second-order valence-electron chi connectivity index (χ2n) is 5.04. The average Bonchev–Trinajstić information content (AvgIpc) is 2.39. The van der Waals surface area contributed by atoms with E-state index in [-0.39, 0.29) is 19.3 Å². The van der Waals surface area contributed by atoms with Gasteiger partial charge in [0.05, 0.1) is 5.92 Å². The van der Waals surface area contributed by atoms with Gasteiger partial charge >= 0.3 is 23.9 Å². The van der Waals surface area contributed by atoms with Crippen LogP contribution >= 0.6 is 0 Å². The van der Waals surface area contributed by atoms with Crippen molar-refractivity contribution in [3.63, 3.8) is 0 Å². The van der Waals surface area contributed by atoms with Gasteiger partial charge in [-0.2, -0.15) is 0 Å². The minimum Gasteiger partial charge on any atom is -0.481 e. The standard InChI is InChI=1S/C14H22O8/c1-5-9(10(16)17)14(21,11(18)19)13(6-2,7-3)12(20)22-8(4)15/h9,21H,5-7H2,1-4H3,(H,16,17)(H,18,19). The fourth-order valence-corrected chi connectivity index (χ4v) is 2.80. The molecule has 0 spiro atoms. The van der Waals surface area contributed by atoms with E-state index in [0.29, 0.717) is 0 Å². The lowest BCUT2D eigenvalue weighted by atomic mass is 9.61. The molecule has 0 saturated heterocycles. The number of carbonyl (C=O) groups excluding carboxylic acids is 2. The van der Waals surface area contributed by atoms with Crippen LogP contribution in [0.15, 0.2) is 0 Å². The monoisotopic (exact) mass is 318 g/mol. The van der Waals surface area contributed by atoms with Gasteiger partial charge in [-0.25, -0.2) is 4.79 Å². The summed E-state index contributed by atoms with van der Waals surface area (Å²) in [5.41, 5.74) is -4.95. The molecule has 2 unspecified atom stereocenters. The fourth-order valence-electron chi connectivity index (χ4n) is 2.80. The Bertz CT molecular complexity index is 465. The molecule has 8 nitrogen and oxygen atoms in total. The molecule has 0 radical (unpaired) electrons. The lowest BCUT2D eigenvalue weighted by molar-refractivity contribution is -0.208. The lowest BCUT2D eigenvalue weighted by Gasteiger charge is -2.43. The molecule has 0 heterocycles. The summed E-state index contributed by atoms with van der Waals surface area (Å²) in [6, 6.07) is 0. The molecule has 0 aliphatic rings. The van der Waals surface area contributed by atoms with Gasteiger partial charge in [-0.15, -0.1) is 0 Å². The van der Waals surface area contributed by atoms with Crippen molar-refractivity contribution < 1.29 is 39.2 Å². The van der Waals surface area contributed by atoms with Crippen molar-refractivity contribution >= 4 is 23.9 Å². The van der Waals surface area contributed by atoms with Gasteiger partial charge in [-0.1, -0.05) is 20.8 Å². The molecule has 22 heavy (non-hydrogen) atoms. The maximum absolute atomic E-state index is 12.3. The quantitative estimate of drug-likeness (QED) is 0.441. The van der Waals surface area contributed by atoms with Crippen molar-refractivity contribution in [1.82, 2.24) is 0 Å². The number of carbonyl (C=O) groups is 4. The minimum absolute atomic E-state index is 0.206. The number of hydrogen-bond acceptors (Lipinski definition) is 6. The predicted molar refractivity (Wildman–Crippen MR) is 73.8 cm³/mol. The van der Waals surface area contributed by atoms with Crippen molar-refractivity contribution in [1.29, 1.82) is 0 Å². The molecule has 126 valence electrons. The molecule has 0 saturated carbocycles. The van der Waals surface area contributed by atoms with Gasteiger partial charge in [0.25, 0.3) is 0 Å². The molecular formula is C14H22O8. The van der Waals surface area contributed by atoms with E-state index in [1.54, 1.807) is 0 Å². The summed E-state index contributed by atoms with van der Waals surface area (Å²) < 4.78 is 4.47. The zero-order valence-corrected chi connectivity index (χ0v) is 13.1. The Labute approximate surface area is 128 Å². The van der Waals surface area contributed by atoms with E-state index < -0.39 is 40.8 Å². The fraction of sp³-hybridized carbons (Fsp3) is 0.714. The number of ether oxygens (including phenoxy) is 1. The van der Waals surface area contributed by atoms with Gasteiger partial charge in [-0.05, 0) is 19.3 Å². The molecule has 2 atom stereocenters. The first-order valence-corrected chi connectivity index (χ1v) is 6.96. The van der Waals surface area contributed by atoms with Gasteiger partial charge in [0.1, 0.15) is 5.41 Å². The molecule has 0 aromatic rings. The van der Waals surface area contributed by atoms with Gasteiger partial charge in [0.2, 0.25) is 0 Å². The summed E-state index contributed by atoms with van der Waals surface area (Å²) in [4.78, 5) is 46.3. The van der Waals surface area contributed by atoms with Crippen LogP contribution in [-0.4, -0.2) is 44.8 Å². The first-order valence-electron chi connectivity index (χ1n) is 6.96. The number of carboxylic acid groups (broad SMARTS) is 2. The lowest BCUT2D eigenvalue weighted by Crippen LogP contribution is -2.64. The van der Waals surface area contributed by atoms with Crippen LogP contribution in [-0.2, 0) is 23.9 Å². The van der Waals surface area contributed by atoms with Crippen LogP contribution in [0.4, 0.5) is 0 Å². The first kappa shape index (κ1) is 20.0. The Morgan fingerprint density at radius 1 is 1.05 bits per heavy atom. The largest absolute Gasteiger partial charge is 0.481 e. The highest BCUT2D eigenvalue weighted by molar-refractivity contribution is 5.96. The molecule has 8 heteroatoms. The van der Waals surface area contributed by atoms with Crippen LogP contribution in [0.1, 0.15) is 47.0 Å². The Morgan fingerprint density at radius 3 is 1.73 bits per heavy atom. The number of aliphatic carboxylic acids is 2. The van der Waals surface area contributed by atoms with Crippen molar-refractivity contribution in [2.24, 2.45) is 11.3 Å². The molecule has 0 aliphatic carbocycles. The van der Waals surface area contributed by atoms with Crippen LogP contribution in [0.25, 0.3) is 0 Å². The average molecular weight is 318 g/mol. The van der Waals surface area contributed by atoms with E-state index in [1.165, 1.54) is 20.8 Å². The van der Waals surface area contributed by atoms with Crippen molar-refractivity contribution in [2.45, 2.75) is 52.6 Å². The van der Waals surface area contributed by atoms with Crippen molar-refractivity contribution in [3.05, 3.63) is 0 Å². The van der Waals surface area contributed by atoms with E-state index in [1.807, 2.05) is 0 Å². The zero-order valence-electron chi connectivity index (χ0n) is 13.1. The number of hydrogen-bond donors (Lipinski definition) is 3. The summed E-state index contributed by atoms with van der Waals surface area (Å²) in [6.45, 7) is 5.20. The highest BCUT2D eigenvalue weighted by atomic mass is 16.6. The highest BCUT2D eigenvalue weighted by Crippen LogP contribution is 2.46. The van der Waals surface area contributed by atoms with E-state index in [9.17, 15) is 34.5 Å². The molecule has 0 amide bonds. The number of aliphatic hydroxyl groups is 1. The third-order valence-corrected chi connectivity index (χ3v) is 4.10. The normalized spacial score (nSPS) is 15.5. The Balaban J connectivity index is 6.34. The molecule has 0 aliphatic heterocycles. The SMILES string of the molecule is CCC(C(=O)O)C(O)(C(=O)O)C(CC)(CC)C(=O)OC(C)=O. The summed E-state index contributed by atoms with van der Waals surface area (Å²) in [5.74, 6) is -7.33. The number of esters is 2. The molecule has 0 aromatic heterocycles. The van der Waals surface area contributed by atoms with Crippen molar-refractivity contribution in [3.8, 4) is 0 Å². The third-order valence-electron chi connectivity index (χ3n) is 4.10. The second-order valence-corrected chi connectivity index (χ2v) is 5.04. The number of rotatable bonds is 8. The van der Waals surface area contributed by atoms with E-state index >= 15 is 0 Å². The molecule has 0 rings (SSSR count). The zero-order chi connectivity index (χ0) is 17.7. The van der Waals surface area contributed by atoms with E-state index in [0.717, 1.165) is 6.92 Å². The molecule has 0 aromatic carbocycles. The van der Waals surface area contributed by atoms with Crippen LogP contribution in [0, 0.1) is 11.3 Å². The summed E-state index contributed by atoms with van der Waals surface area (Å²) in [5, 5.41) is 29.4. The Kier molecular flexibility index (Phi) is 6.69. The van der Waals surface area contributed by atoms with Gasteiger partial charge in [0.15, 0.2) is 5.60 Å². The third kappa shape index (κ3) is 3.11. The maximum Gasteiger partial charge on any atom is 0.337 e. The summed E-state index contributed by atoms with van der Waals surface area (Å²) in [7, 11) is 0. The smallest absolute Gasteiger partial charge is 0.337 e. The second kappa shape index (κ2) is 7.35. The van der Waals surface area contributed by atoms with Crippen LogP contribution < -0.4 is 0 Å².